The van der Waals surface area contributed by atoms with Crippen molar-refractivity contribution in [2.24, 2.45) is 0 Å². The Morgan fingerprint density at radius 1 is 1.00 bits per heavy atom. The molecule has 0 radical (unpaired) electrons. The average molecular weight is 440 g/mol. The Bertz CT molecular complexity index is 636. The summed E-state index contributed by atoms with van der Waals surface area (Å²) >= 11 is 12.0. The molecule has 0 aliphatic carbocycles. The molecule has 0 atom stereocenters. The van der Waals surface area contributed by atoms with E-state index in [2.05, 4.69) is 36.4 Å². The summed E-state index contributed by atoms with van der Waals surface area (Å²) < 4.78 is 5.78. The lowest BCUT2D eigenvalue weighted by molar-refractivity contribution is 0.306. The van der Waals surface area contributed by atoms with Gasteiger partial charge in [-0.3, -0.25) is 0 Å². The summed E-state index contributed by atoms with van der Waals surface area (Å²) in [4.78, 5) is 2.20. The highest BCUT2D eigenvalue weighted by atomic mass is 35.5. The maximum absolute atomic E-state index is 6.15. The standard InChI is InChI=1S/C19H24Cl2N2O.2ClH/c1-23(2)11-3-10-22-13-15-4-8-18(9-5-15)24-14-16-6-7-17(20)12-19(16)21;;/h4-9,12,22H,3,10-11,13-14H2,1-2H3;2*1H. The number of hydrogen-bond donors (Lipinski definition) is 1. The zero-order valence-electron chi connectivity index (χ0n) is 15.0. The molecule has 1 N–H and O–H groups in total. The molecule has 0 aliphatic heterocycles. The molecule has 0 amide bonds. The highest BCUT2D eigenvalue weighted by Crippen LogP contribution is 2.22. The monoisotopic (exact) mass is 438 g/mol. The summed E-state index contributed by atoms with van der Waals surface area (Å²) in [6.07, 6.45) is 1.15. The van der Waals surface area contributed by atoms with Gasteiger partial charge in [0.05, 0.1) is 0 Å². The highest BCUT2D eigenvalue weighted by molar-refractivity contribution is 6.35. The van der Waals surface area contributed by atoms with Crippen LogP contribution >= 0.6 is 48.0 Å². The second-order valence-corrected chi connectivity index (χ2v) is 6.85. The molecule has 2 aromatic rings. The predicted octanol–water partition coefficient (Wildman–Crippen LogP) is 5.46. The van der Waals surface area contributed by atoms with Gasteiger partial charge in [-0.2, -0.15) is 0 Å². The quantitative estimate of drug-likeness (QED) is 0.525. The van der Waals surface area contributed by atoms with Crippen molar-refractivity contribution in [2.75, 3.05) is 27.2 Å². The Labute approximate surface area is 178 Å². The van der Waals surface area contributed by atoms with Crippen molar-refractivity contribution in [1.29, 1.82) is 0 Å². The van der Waals surface area contributed by atoms with Crippen LogP contribution in [0, 0.1) is 0 Å². The van der Waals surface area contributed by atoms with Gasteiger partial charge in [0, 0.05) is 22.2 Å². The zero-order chi connectivity index (χ0) is 17.4. The summed E-state index contributed by atoms with van der Waals surface area (Å²) in [5.41, 5.74) is 2.17. The van der Waals surface area contributed by atoms with E-state index in [9.17, 15) is 0 Å². The summed E-state index contributed by atoms with van der Waals surface area (Å²) in [6.45, 7) is 3.42. The maximum atomic E-state index is 6.15. The number of halogens is 4. The molecule has 0 spiro atoms. The lowest BCUT2D eigenvalue weighted by atomic mass is 10.2. The second-order valence-electron chi connectivity index (χ2n) is 6.00. The van der Waals surface area contributed by atoms with Crippen molar-refractivity contribution in [2.45, 2.75) is 19.6 Å². The lowest BCUT2D eigenvalue weighted by Gasteiger charge is -2.11. The molecule has 146 valence electrons. The van der Waals surface area contributed by atoms with E-state index in [1.165, 1.54) is 5.56 Å². The molecule has 7 heteroatoms. The lowest BCUT2D eigenvalue weighted by Crippen LogP contribution is -2.20. The summed E-state index contributed by atoms with van der Waals surface area (Å²) in [6, 6.07) is 13.6. The van der Waals surface area contributed by atoms with Crippen LogP contribution in [-0.4, -0.2) is 32.1 Å². The van der Waals surface area contributed by atoms with Gasteiger partial charge in [-0.05, 0) is 63.4 Å². The number of hydrogen-bond acceptors (Lipinski definition) is 3. The van der Waals surface area contributed by atoms with Gasteiger partial charge in [0.2, 0.25) is 0 Å². The Balaban J connectivity index is 0.00000312. The number of nitrogens with zero attached hydrogens (tertiary/aromatic N) is 1. The maximum Gasteiger partial charge on any atom is 0.119 e. The van der Waals surface area contributed by atoms with Crippen LogP contribution in [0.1, 0.15) is 17.5 Å². The van der Waals surface area contributed by atoms with Crippen LogP contribution in [0.25, 0.3) is 0 Å². The van der Waals surface area contributed by atoms with Gasteiger partial charge >= 0.3 is 0 Å². The normalized spacial score (nSPS) is 10.2. The van der Waals surface area contributed by atoms with Crippen LogP contribution in [0.2, 0.25) is 10.0 Å². The molecule has 0 heterocycles. The van der Waals surface area contributed by atoms with E-state index in [0.717, 1.165) is 37.4 Å². The van der Waals surface area contributed by atoms with E-state index in [1.807, 2.05) is 24.3 Å². The molecule has 0 saturated carbocycles. The minimum atomic E-state index is 0. The molecule has 2 rings (SSSR count). The van der Waals surface area contributed by atoms with Gasteiger partial charge in [-0.25, -0.2) is 0 Å². The van der Waals surface area contributed by atoms with E-state index >= 15 is 0 Å². The van der Waals surface area contributed by atoms with Gasteiger partial charge in [0.25, 0.3) is 0 Å². The number of nitrogens with one attached hydrogen (secondary N) is 1. The fraction of sp³-hybridized carbons (Fsp3) is 0.368. The fourth-order valence-corrected chi connectivity index (χ4v) is 2.72. The van der Waals surface area contributed by atoms with Crippen molar-refractivity contribution >= 4 is 48.0 Å². The topological polar surface area (TPSA) is 24.5 Å². The van der Waals surface area contributed by atoms with E-state index in [4.69, 9.17) is 27.9 Å². The summed E-state index contributed by atoms with van der Waals surface area (Å²) in [5.74, 6) is 0.831. The molecule has 0 aromatic heterocycles. The Hall–Kier alpha value is -0.680. The SMILES string of the molecule is CN(C)CCCNCc1ccc(OCc2ccc(Cl)cc2Cl)cc1.Cl.Cl. The molecule has 0 saturated heterocycles. The third kappa shape index (κ3) is 9.31. The molecular formula is C19H26Cl4N2O. The van der Waals surface area contributed by atoms with E-state index in [0.29, 0.717) is 16.7 Å². The van der Waals surface area contributed by atoms with Crippen LogP contribution in [0.3, 0.4) is 0 Å². The molecule has 0 unspecified atom stereocenters. The molecule has 0 aliphatic rings. The Morgan fingerprint density at radius 3 is 2.31 bits per heavy atom. The Kier molecular flexibility index (Phi) is 13.1. The van der Waals surface area contributed by atoms with Crippen LogP contribution in [0.5, 0.6) is 5.75 Å². The van der Waals surface area contributed by atoms with Crippen LogP contribution < -0.4 is 10.1 Å². The highest BCUT2D eigenvalue weighted by Gasteiger charge is 2.03. The van der Waals surface area contributed by atoms with Crippen molar-refractivity contribution in [3.8, 4) is 5.75 Å². The molecule has 2 aromatic carbocycles. The molecule has 0 fully saturated rings. The van der Waals surface area contributed by atoms with Gasteiger partial charge < -0.3 is 15.0 Å². The molecular weight excluding hydrogens is 414 g/mol. The zero-order valence-corrected chi connectivity index (χ0v) is 18.1. The van der Waals surface area contributed by atoms with Crippen LogP contribution in [0.15, 0.2) is 42.5 Å². The van der Waals surface area contributed by atoms with Crippen molar-refractivity contribution < 1.29 is 4.74 Å². The van der Waals surface area contributed by atoms with E-state index in [1.54, 1.807) is 6.07 Å². The summed E-state index contributed by atoms with van der Waals surface area (Å²) in [5, 5.41) is 4.71. The first kappa shape index (κ1) is 25.3. The van der Waals surface area contributed by atoms with Gasteiger partial charge in [0.15, 0.2) is 0 Å². The number of benzene rings is 2. The third-order valence-electron chi connectivity index (χ3n) is 3.62. The minimum Gasteiger partial charge on any atom is -0.489 e. The molecule has 0 bridgehead atoms. The van der Waals surface area contributed by atoms with E-state index < -0.39 is 0 Å². The van der Waals surface area contributed by atoms with Gasteiger partial charge in [-0.15, -0.1) is 24.8 Å². The van der Waals surface area contributed by atoms with Crippen molar-refractivity contribution in [1.82, 2.24) is 10.2 Å². The largest absolute Gasteiger partial charge is 0.489 e. The third-order valence-corrected chi connectivity index (χ3v) is 4.21. The van der Waals surface area contributed by atoms with Crippen LogP contribution in [0.4, 0.5) is 0 Å². The predicted molar refractivity (Wildman–Crippen MR) is 117 cm³/mol. The average Bonchev–Trinajstić information content (AvgIpc) is 2.54. The first-order valence-electron chi connectivity index (χ1n) is 8.06. The van der Waals surface area contributed by atoms with Gasteiger partial charge in [0.1, 0.15) is 12.4 Å². The number of rotatable bonds is 9. The molecule has 26 heavy (non-hydrogen) atoms. The fourth-order valence-electron chi connectivity index (χ4n) is 2.26. The van der Waals surface area contributed by atoms with E-state index in [-0.39, 0.29) is 24.8 Å². The smallest absolute Gasteiger partial charge is 0.119 e. The first-order valence-corrected chi connectivity index (χ1v) is 8.81. The number of ether oxygens (including phenoxy) is 1. The van der Waals surface area contributed by atoms with Crippen molar-refractivity contribution in [3.05, 3.63) is 63.6 Å². The molecule has 3 nitrogen and oxygen atoms in total. The van der Waals surface area contributed by atoms with Crippen molar-refractivity contribution in [3.63, 3.8) is 0 Å². The summed E-state index contributed by atoms with van der Waals surface area (Å²) in [7, 11) is 4.19. The van der Waals surface area contributed by atoms with Gasteiger partial charge in [-0.1, -0.05) is 41.4 Å². The Morgan fingerprint density at radius 2 is 1.69 bits per heavy atom. The second kappa shape index (κ2) is 13.5. The minimum absolute atomic E-state index is 0. The van der Waals surface area contributed by atoms with Crippen LogP contribution in [-0.2, 0) is 13.2 Å². The first-order chi connectivity index (χ1) is 11.5.